The third-order valence-electron chi connectivity index (χ3n) is 3.43. The van der Waals surface area contributed by atoms with Crippen molar-refractivity contribution in [1.82, 2.24) is 9.55 Å². The largest absolute Gasteiger partial charge is 1.00 e. The Morgan fingerprint density at radius 3 is 2.55 bits per heavy atom. The third kappa shape index (κ3) is 2.74. The molecule has 2 N–H and O–H groups in total. The molecule has 1 aromatic heterocycles. The summed E-state index contributed by atoms with van der Waals surface area (Å²) in [5, 5.41) is 0.267. The Bertz CT molecular complexity index is 849. The molecular weight excluding hydrogens is 292 g/mol. The molecule has 1 atom stereocenters. The van der Waals surface area contributed by atoms with E-state index in [1.165, 1.54) is 0 Å². The van der Waals surface area contributed by atoms with Gasteiger partial charge in [-0.2, -0.15) is 0 Å². The molecule has 0 saturated heterocycles. The van der Waals surface area contributed by atoms with Crippen LogP contribution in [0.25, 0.3) is 11.0 Å². The molecule has 0 aliphatic heterocycles. The maximum atomic E-state index is 12.8. The second-order valence-electron chi connectivity index (χ2n) is 4.79. The van der Waals surface area contributed by atoms with Gasteiger partial charge in [0, 0.05) is 17.5 Å². The number of fused-ring (bicyclic) bond motifs is 1. The van der Waals surface area contributed by atoms with Crippen LogP contribution in [0.5, 0.6) is 0 Å². The van der Waals surface area contributed by atoms with E-state index < -0.39 is 7.37 Å². The van der Waals surface area contributed by atoms with Crippen LogP contribution < -0.4 is 40.4 Å². The predicted octanol–water partition coefficient (Wildman–Crippen LogP) is -1.77. The normalized spacial score (nSPS) is 13.5. The van der Waals surface area contributed by atoms with Gasteiger partial charge in [-0.1, -0.05) is 30.3 Å². The van der Waals surface area contributed by atoms with Crippen molar-refractivity contribution in [3.8, 4) is 0 Å². The Balaban J connectivity index is 0.00000176. The number of nitrogens with zero attached hydrogens (tertiary/aromatic N) is 2. The number of nitrogen functional groups attached to an aromatic ring is 1. The number of aromatic nitrogens is 2. The molecule has 0 saturated carbocycles. The van der Waals surface area contributed by atoms with Crippen LogP contribution in [0.1, 0.15) is 6.92 Å². The van der Waals surface area contributed by atoms with Crippen LogP contribution in [0.4, 0.5) is 5.69 Å². The van der Waals surface area contributed by atoms with Crippen LogP contribution in [0.15, 0.2) is 48.5 Å². The Kier molecular flexibility index (Phi) is 4.84. The Labute approximate surface area is 140 Å². The van der Waals surface area contributed by atoms with Crippen LogP contribution in [-0.2, 0) is 11.1 Å². The van der Waals surface area contributed by atoms with Crippen molar-refractivity contribution in [2.75, 3.05) is 5.73 Å². The van der Waals surface area contributed by atoms with Crippen LogP contribution in [-0.4, -0.2) is 9.55 Å². The van der Waals surface area contributed by atoms with E-state index in [0.717, 1.165) is 5.52 Å². The van der Waals surface area contributed by atoms with Crippen LogP contribution in [0, 0.1) is 0 Å². The summed E-state index contributed by atoms with van der Waals surface area (Å²) in [7, 11) is -3.98. The van der Waals surface area contributed by atoms with Gasteiger partial charge in [-0.05, 0) is 25.1 Å². The number of hydrogen-bond acceptors (Lipinski definition) is 4. The van der Waals surface area contributed by atoms with E-state index in [9.17, 15) is 9.46 Å². The molecule has 0 spiro atoms. The number of anilines is 1. The molecule has 22 heavy (non-hydrogen) atoms. The number of rotatable bonds is 3. The van der Waals surface area contributed by atoms with Gasteiger partial charge in [-0.3, -0.25) is 0 Å². The van der Waals surface area contributed by atoms with Gasteiger partial charge in [-0.15, -0.1) is 0 Å². The van der Waals surface area contributed by atoms with E-state index in [4.69, 9.17) is 5.73 Å². The summed E-state index contributed by atoms with van der Waals surface area (Å²) in [5.74, 6) is 0. The molecule has 0 radical (unpaired) electrons. The Morgan fingerprint density at radius 1 is 1.23 bits per heavy atom. The zero-order chi connectivity index (χ0) is 15.0. The van der Waals surface area contributed by atoms with Gasteiger partial charge in [-0.25, -0.2) is 4.98 Å². The molecule has 0 amide bonds. The summed E-state index contributed by atoms with van der Waals surface area (Å²) in [6, 6.07) is 13.6. The standard InChI is InChI=1S/C15H16N3O2P.Li/c1-2-18-14-9-8-11(16)10-13(14)17-15(18)21(19,20)12-6-4-3-5-7-12;/h3-10H,2,16H2,1H3,(H,19,20);/q;+1/p-1. The van der Waals surface area contributed by atoms with Gasteiger partial charge in [0.2, 0.25) is 0 Å². The molecule has 7 heteroatoms. The van der Waals surface area contributed by atoms with E-state index in [2.05, 4.69) is 4.98 Å². The van der Waals surface area contributed by atoms with Crippen LogP contribution >= 0.6 is 7.37 Å². The molecule has 0 fully saturated rings. The van der Waals surface area contributed by atoms with Crippen LogP contribution in [0.2, 0.25) is 0 Å². The summed E-state index contributed by atoms with van der Waals surface area (Å²) >= 11 is 0. The number of aryl methyl sites for hydroxylation is 1. The van der Waals surface area contributed by atoms with E-state index in [1.807, 2.05) is 6.92 Å². The Hall–Kier alpha value is -1.50. The second kappa shape index (κ2) is 6.32. The summed E-state index contributed by atoms with van der Waals surface area (Å²) in [6.45, 7) is 2.42. The molecule has 3 rings (SSSR count). The van der Waals surface area contributed by atoms with Crippen molar-refractivity contribution >= 4 is 35.0 Å². The maximum Gasteiger partial charge on any atom is 1.00 e. The average Bonchev–Trinajstić information content (AvgIpc) is 2.86. The molecule has 2 aromatic carbocycles. The first-order valence-electron chi connectivity index (χ1n) is 6.67. The van der Waals surface area contributed by atoms with Gasteiger partial charge in [0.15, 0.2) is 5.57 Å². The first-order chi connectivity index (χ1) is 10.0. The molecule has 1 heterocycles. The number of imidazole rings is 1. The first kappa shape index (κ1) is 16.9. The number of nitrogens with two attached hydrogens (primary N) is 1. The summed E-state index contributed by atoms with van der Waals surface area (Å²) in [6.07, 6.45) is 0. The topological polar surface area (TPSA) is 84.0 Å². The fraction of sp³-hybridized carbons (Fsp3) is 0.133. The van der Waals surface area contributed by atoms with Crippen molar-refractivity contribution < 1.29 is 28.3 Å². The summed E-state index contributed by atoms with van der Waals surface area (Å²) in [5.41, 5.74) is 7.76. The monoisotopic (exact) mass is 307 g/mol. The SMILES string of the molecule is CCn1c(P(=O)([O-])c2ccccc2)nc2cc(N)ccc21.[Li+]. The molecular formula is C15H15LiN3O2P. The molecule has 0 bridgehead atoms. The number of hydrogen-bond donors (Lipinski definition) is 1. The minimum Gasteiger partial charge on any atom is -0.790 e. The van der Waals surface area contributed by atoms with E-state index in [0.29, 0.717) is 17.7 Å². The Morgan fingerprint density at radius 2 is 1.91 bits per heavy atom. The molecule has 3 aromatic rings. The van der Waals surface area contributed by atoms with Gasteiger partial charge in [0.05, 0.1) is 11.0 Å². The minimum atomic E-state index is -3.98. The van der Waals surface area contributed by atoms with E-state index in [1.54, 1.807) is 53.1 Å². The van der Waals surface area contributed by atoms with Crippen molar-refractivity contribution in [2.45, 2.75) is 13.5 Å². The van der Waals surface area contributed by atoms with Crippen molar-refractivity contribution in [1.29, 1.82) is 0 Å². The second-order valence-corrected chi connectivity index (χ2v) is 6.81. The third-order valence-corrected chi connectivity index (χ3v) is 5.27. The van der Waals surface area contributed by atoms with E-state index >= 15 is 0 Å². The fourth-order valence-electron chi connectivity index (χ4n) is 2.41. The predicted molar refractivity (Wildman–Crippen MR) is 83.1 cm³/mol. The summed E-state index contributed by atoms with van der Waals surface area (Å²) in [4.78, 5) is 17.1. The molecule has 0 aliphatic rings. The minimum absolute atomic E-state index is 0. The average molecular weight is 307 g/mol. The van der Waals surface area contributed by atoms with Crippen molar-refractivity contribution in [3.63, 3.8) is 0 Å². The van der Waals surface area contributed by atoms with E-state index in [-0.39, 0.29) is 29.7 Å². The maximum absolute atomic E-state index is 12.8. The van der Waals surface area contributed by atoms with Gasteiger partial charge in [0.25, 0.3) is 0 Å². The first-order valence-corrected chi connectivity index (χ1v) is 8.29. The van der Waals surface area contributed by atoms with Gasteiger partial charge < -0.3 is 19.8 Å². The molecule has 108 valence electrons. The molecule has 0 aliphatic carbocycles. The molecule has 1 unspecified atom stereocenters. The van der Waals surface area contributed by atoms with Crippen LogP contribution in [0.3, 0.4) is 0 Å². The summed E-state index contributed by atoms with van der Waals surface area (Å²) < 4.78 is 14.5. The zero-order valence-electron chi connectivity index (χ0n) is 12.6. The fourth-order valence-corrected chi connectivity index (χ4v) is 4.01. The smallest absolute Gasteiger partial charge is 0.790 e. The number of benzene rings is 2. The van der Waals surface area contributed by atoms with Crippen molar-refractivity contribution in [3.05, 3.63) is 48.5 Å². The molecule has 5 nitrogen and oxygen atoms in total. The quantitative estimate of drug-likeness (QED) is 0.353. The van der Waals surface area contributed by atoms with Gasteiger partial charge >= 0.3 is 18.9 Å². The van der Waals surface area contributed by atoms with Gasteiger partial charge in [0.1, 0.15) is 7.37 Å². The zero-order valence-corrected chi connectivity index (χ0v) is 13.5. The van der Waals surface area contributed by atoms with Crippen molar-refractivity contribution in [2.24, 2.45) is 0 Å².